The Morgan fingerprint density at radius 3 is 3.08 bits per heavy atom. The number of anilines is 1. The maximum Gasteiger partial charge on any atom is 0.148 e. The Bertz CT molecular complexity index is 402. The first-order valence-electron chi connectivity index (χ1n) is 3.51. The van der Waals surface area contributed by atoms with Crippen molar-refractivity contribution in [1.29, 1.82) is 5.26 Å². The summed E-state index contributed by atoms with van der Waals surface area (Å²) in [4.78, 5) is 0.776. The zero-order chi connectivity index (χ0) is 9.42. The summed E-state index contributed by atoms with van der Waals surface area (Å²) in [5.41, 5.74) is 0.832. The molecule has 1 aromatic carbocycles. The van der Waals surface area contributed by atoms with Crippen LogP contribution < -0.4 is 5.32 Å². The number of nitrogens with one attached hydrogen (secondary N) is 1. The third-order valence-electron chi connectivity index (χ3n) is 1.67. The van der Waals surface area contributed by atoms with Gasteiger partial charge in [0.2, 0.25) is 0 Å². The Hall–Kier alpha value is -0.730. The van der Waals surface area contributed by atoms with Gasteiger partial charge in [0.1, 0.15) is 10.1 Å². The molecule has 1 atom stereocenters. The lowest BCUT2D eigenvalue weighted by Crippen LogP contribution is -2.00. The summed E-state index contributed by atoms with van der Waals surface area (Å²) < 4.78 is 13.3. The van der Waals surface area contributed by atoms with E-state index in [4.69, 9.17) is 5.26 Å². The van der Waals surface area contributed by atoms with Gasteiger partial charge in [-0.3, -0.25) is 0 Å². The minimum Gasteiger partial charge on any atom is -0.361 e. The molecule has 5 heteroatoms. The van der Waals surface area contributed by atoms with Crippen molar-refractivity contribution in [2.75, 3.05) is 5.32 Å². The van der Waals surface area contributed by atoms with Crippen molar-refractivity contribution < 1.29 is 4.39 Å². The molecule has 0 amide bonds. The van der Waals surface area contributed by atoms with Crippen LogP contribution in [0.3, 0.4) is 0 Å². The average Bonchev–Trinajstić information content (AvgIpc) is 2.46. The molecule has 1 aromatic rings. The Labute approximate surface area is 87.3 Å². The van der Waals surface area contributed by atoms with E-state index in [0.717, 1.165) is 4.90 Å². The third kappa shape index (κ3) is 1.52. The fourth-order valence-electron chi connectivity index (χ4n) is 1.13. The van der Waals surface area contributed by atoms with Crippen LogP contribution in [0.4, 0.5) is 10.1 Å². The minimum absolute atomic E-state index is 0.00839. The van der Waals surface area contributed by atoms with Crippen molar-refractivity contribution in [3.63, 3.8) is 0 Å². The van der Waals surface area contributed by atoms with Crippen LogP contribution in [-0.4, -0.2) is 4.28 Å². The molecular weight excluding hydrogens is 255 g/mol. The van der Waals surface area contributed by atoms with Crippen LogP contribution in [-0.2, 0) is 0 Å². The number of nitriles is 1. The second-order valence-corrected chi connectivity index (χ2v) is 5.19. The Morgan fingerprint density at radius 2 is 2.38 bits per heavy atom. The standard InChI is InChI=1S/C8H4BrFN2S/c9-8-12-7-5(10)1-4(3-11)2-6(7)13-8/h1-2,8,12H. The van der Waals surface area contributed by atoms with E-state index in [1.807, 2.05) is 6.07 Å². The molecule has 0 radical (unpaired) electrons. The van der Waals surface area contributed by atoms with Gasteiger partial charge in [-0.1, -0.05) is 27.7 Å². The summed E-state index contributed by atoms with van der Waals surface area (Å²) >= 11 is 4.75. The van der Waals surface area contributed by atoms with Gasteiger partial charge < -0.3 is 5.32 Å². The van der Waals surface area contributed by atoms with Gasteiger partial charge in [0.05, 0.1) is 17.3 Å². The summed E-state index contributed by atoms with van der Waals surface area (Å²) in [5, 5.41) is 11.5. The number of rotatable bonds is 0. The van der Waals surface area contributed by atoms with Gasteiger partial charge in [-0.25, -0.2) is 4.39 Å². The fraction of sp³-hybridized carbons (Fsp3) is 0.125. The molecule has 1 heterocycles. The molecule has 0 aliphatic carbocycles. The highest BCUT2D eigenvalue weighted by molar-refractivity contribution is 9.11. The smallest absolute Gasteiger partial charge is 0.148 e. The molecule has 0 fully saturated rings. The Balaban J connectivity index is 2.54. The summed E-state index contributed by atoms with van der Waals surface area (Å²) in [5.74, 6) is -0.372. The van der Waals surface area contributed by atoms with Gasteiger partial charge in [0.25, 0.3) is 0 Å². The van der Waals surface area contributed by atoms with Crippen molar-refractivity contribution in [3.8, 4) is 6.07 Å². The van der Waals surface area contributed by atoms with E-state index < -0.39 is 0 Å². The largest absolute Gasteiger partial charge is 0.361 e. The lowest BCUT2D eigenvalue weighted by Gasteiger charge is -2.00. The van der Waals surface area contributed by atoms with Crippen LogP contribution in [0, 0.1) is 17.1 Å². The van der Waals surface area contributed by atoms with E-state index in [1.54, 1.807) is 6.07 Å². The highest BCUT2D eigenvalue weighted by Gasteiger charge is 2.22. The van der Waals surface area contributed by atoms with Gasteiger partial charge in [-0.2, -0.15) is 5.26 Å². The van der Waals surface area contributed by atoms with Crippen molar-refractivity contribution in [3.05, 3.63) is 23.5 Å². The average molecular weight is 259 g/mol. The van der Waals surface area contributed by atoms with Gasteiger partial charge in [0, 0.05) is 4.90 Å². The molecule has 66 valence electrons. The number of thioether (sulfide) groups is 1. The maximum atomic E-state index is 13.3. The molecule has 0 aromatic heterocycles. The third-order valence-corrected chi connectivity index (χ3v) is 3.36. The van der Waals surface area contributed by atoms with E-state index in [0.29, 0.717) is 11.3 Å². The van der Waals surface area contributed by atoms with E-state index in [-0.39, 0.29) is 10.1 Å². The molecule has 1 unspecified atom stereocenters. The van der Waals surface area contributed by atoms with E-state index in [1.165, 1.54) is 17.8 Å². The fourth-order valence-corrected chi connectivity index (χ4v) is 2.84. The van der Waals surface area contributed by atoms with E-state index in [9.17, 15) is 4.39 Å². The lowest BCUT2D eigenvalue weighted by molar-refractivity contribution is 0.628. The molecule has 1 aliphatic rings. The highest BCUT2D eigenvalue weighted by Crippen LogP contribution is 2.42. The molecule has 0 spiro atoms. The quantitative estimate of drug-likeness (QED) is 0.574. The Morgan fingerprint density at radius 1 is 1.62 bits per heavy atom. The molecular formula is C8H4BrFN2S. The van der Waals surface area contributed by atoms with E-state index >= 15 is 0 Å². The zero-order valence-electron chi connectivity index (χ0n) is 6.34. The number of fused-ring (bicyclic) bond motifs is 1. The Kier molecular flexibility index (Phi) is 2.18. The summed E-state index contributed by atoms with van der Waals surface area (Å²) in [6.45, 7) is 0. The molecule has 13 heavy (non-hydrogen) atoms. The number of benzene rings is 1. The SMILES string of the molecule is N#Cc1cc(F)c2c(c1)SC(Br)N2. The van der Waals surface area contributed by atoms with Crippen molar-refractivity contribution in [2.24, 2.45) is 0 Å². The predicted molar refractivity (Wildman–Crippen MR) is 53.3 cm³/mol. The second kappa shape index (κ2) is 3.20. The van der Waals surface area contributed by atoms with Gasteiger partial charge >= 0.3 is 0 Å². The van der Waals surface area contributed by atoms with Gasteiger partial charge in [0.15, 0.2) is 0 Å². The number of hydrogen-bond donors (Lipinski definition) is 1. The first-order chi connectivity index (χ1) is 6.20. The molecule has 0 saturated heterocycles. The van der Waals surface area contributed by atoms with Gasteiger partial charge in [-0.15, -0.1) is 0 Å². The number of nitrogens with zero attached hydrogens (tertiary/aromatic N) is 1. The summed E-state index contributed by atoms with van der Waals surface area (Å²) in [6, 6.07) is 4.83. The van der Waals surface area contributed by atoms with Crippen molar-refractivity contribution in [1.82, 2.24) is 0 Å². The lowest BCUT2D eigenvalue weighted by atomic mass is 10.2. The maximum absolute atomic E-state index is 13.3. The van der Waals surface area contributed by atoms with Crippen LogP contribution in [0.2, 0.25) is 0 Å². The molecule has 0 bridgehead atoms. The van der Waals surface area contributed by atoms with Crippen molar-refractivity contribution in [2.45, 2.75) is 9.18 Å². The van der Waals surface area contributed by atoms with Crippen LogP contribution in [0.15, 0.2) is 17.0 Å². The molecule has 1 N–H and O–H groups in total. The molecule has 2 nitrogen and oxygen atoms in total. The predicted octanol–water partition coefficient (Wildman–Crippen LogP) is 2.89. The van der Waals surface area contributed by atoms with Crippen molar-refractivity contribution >= 4 is 33.4 Å². The summed E-state index contributed by atoms with van der Waals surface area (Å²) in [7, 11) is 0. The molecule has 2 rings (SSSR count). The normalized spacial score (nSPS) is 19.0. The van der Waals surface area contributed by atoms with Crippen LogP contribution in [0.5, 0.6) is 0 Å². The van der Waals surface area contributed by atoms with Crippen LogP contribution >= 0.6 is 27.7 Å². The van der Waals surface area contributed by atoms with Gasteiger partial charge in [-0.05, 0) is 12.1 Å². The van der Waals surface area contributed by atoms with Crippen LogP contribution in [0.25, 0.3) is 0 Å². The number of hydrogen-bond acceptors (Lipinski definition) is 3. The number of alkyl halides is 1. The van der Waals surface area contributed by atoms with E-state index in [2.05, 4.69) is 21.2 Å². The molecule has 0 saturated carbocycles. The first kappa shape index (κ1) is 8.85. The zero-order valence-corrected chi connectivity index (χ0v) is 8.75. The second-order valence-electron chi connectivity index (χ2n) is 2.52. The highest BCUT2D eigenvalue weighted by atomic mass is 79.9. The first-order valence-corrected chi connectivity index (χ1v) is 5.31. The minimum atomic E-state index is -0.372. The summed E-state index contributed by atoms with van der Waals surface area (Å²) in [6.07, 6.45) is 0. The van der Waals surface area contributed by atoms with Crippen LogP contribution in [0.1, 0.15) is 5.56 Å². The molecule has 1 aliphatic heterocycles. The topological polar surface area (TPSA) is 35.8 Å². The number of halogens is 2. The monoisotopic (exact) mass is 258 g/mol.